The van der Waals surface area contributed by atoms with Gasteiger partial charge in [0.2, 0.25) is 0 Å². The smallest absolute Gasteiger partial charge is 0.262 e. The zero-order chi connectivity index (χ0) is 14.1. The number of ether oxygens (including phenoxy) is 2. The van der Waals surface area contributed by atoms with Crippen molar-refractivity contribution in [3.8, 4) is 5.75 Å². The molecule has 106 valence electrons. The van der Waals surface area contributed by atoms with E-state index in [1.807, 2.05) is 0 Å². The van der Waals surface area contributed by atoms with E-state index in [0.29, 0.717) is 48.1 Å². The van der Waals surface area contributed by atoms with Crippen LogP contribution >= 0.6 is 11.6 Å². The summed E-state index contributed by atoms with van der Waals surface area (Å²) in [7, 11) is 0. The molecule has 5 nitrogen and oxygen atoms in total. The Labute approximate surface area is 121 Å². The summed E-state index contributed by atoms with van der Waals surface area (Å²) >= 11 is 6.16. The number of benzene rings is 1. The molecule has 0 atom stereocenters. The van der Waals surface area contributed by atoms with Gasteiger partial charge in [0.1, 0.15) is 5.75 Å². The minimum Gasteiger partial charge on any atom is -0.482 e. The number of nitrogens with one attached hydrogen (secondary N) is 1. The molecule has 0 bridgehead atoms. The Balaban J connectivity index is 1.89. The van der Waals surface area contributed by atoms with E-state index in [1.165, 1.54) is 0 Å². The molecule has 3 rings (SSSR count). The lowest BCUT2D eigenvalue weighted by Gasteiger charge is -2.23. The first-order chi connectivity index (χ1) is 9.65. The van der Waals surface area contributed by atoms with Crippen molar-refractivity contribution in [1.82, 2.24) is 0 Å². The van der Waals surface area contributed by atoms with Gasteiger partial charge in [0.25, 0.3) is 5.91 Å². The molecule has 1 fully saturated rings. The molecule has 2 aliphatic rings. The Morgan fingerprint density at radius 1 is 1.30 bits per heavy atom. The van der Waals surface area contributed by atoms with Gasteiger partial charge in [-0.15, -0.1) is 0 Å². The van der Waals surface area contributed by atoms with Crippen molar-refractivity contribution < 1.29 is 19.1 Å². The second kappa shape index (κ2) is 5.42. The van der Waals surface area contributed by atoms with Crippen LogP contribution in [0.1, 0.15) is 23.2 Å². The zero-order valence-electron chi connectivity index (χ0n) is 10.8. The van der Waals surface area contributed by atoms with Crippen LogP contribution in [-0.2, 0) is 9.53 Å². The van der Waals surface area contributed by atoms with Crippen LogP contribution in [0.5, 0.6) is 5.75 Å². The van der Waals surface area contributed by atoms with Crippen LogP contribution in [0.2, 0.25) is 5.02 Å². The third-order valence-corrected chi connectivity index (χ3v) is 3.87. The van der Waals surface area contributed by atoms with Crippen molar-refractivity contribution in [1.29, 1.82) is 0 Å². The van der Waals surface area contributed by atoms with E-state index in [9.17, 15) is 9.59 Å². The molecular formula is C14H14ClNO4. The SMILES string of the molecule is O=C1COc2cc(C(=O)C3CCOCC3)c(Cl)cc2N1. The lowest BCUT2D eigenvalue weighted by Crippen LogP contribution is -2.27. The van der Waals surface area contributed by atoms with Gasteiger partial charge in [-0.2, -0.15) is 0 Å². The van der Waals surface area contributed by atoms with Crippen molar-refractivity contribution >= 4 is 29.0 Å². The number of amides is 1. The fourth-order valence-corrected chi connectivity index (χ4v) is 2.73. The topological polar surface area (TPSA) is 64.6 Å². The quantitative estimate of drug-likeness (QED) is 0.850. The molecule has 1 aromatic rings. The minimum absolute atomic E-state index is 0.0154. The van der Waals surface area contributed by atoms with Crippen LogP contribution in [0.25, 0.3) is 0 Å². The Hall–Kier alpha value is -1.59. The number of hydrogen-bond acceptors (Lipinski definition) is 4. The molecule has 2 aliphatic heterocycles. The first kappa shape index (κ1) is 13.4. The predicted octanol–water partition coefficient (Wildman–Crippen LogP) is 2.28. The number of ketones is 1. The highest BCUT2D eigenvalue weighted by molar-refractivity contribution is 6.34. The number of halogens is 1. The summed E-state index contributed by atoms with van der Waals surface area (Å²) in [6.07, 6.45) is 1.42. The van der Waals surface area contributed by atoms with Gasteiger partial charge in [-0.3, -0.25) is 9.59 Å². The summed E-state index contributed by atoms with van der Waals surface area (Å²) in [4.78, 5) is 23.7. The average molecular weight is 296 g/mol. The molecule has 1 N–H and O–H groups in total. The molecule has 0 radical (unpaired) electrons. The van der Waals surface area contributed by atoms with Crippen molar-refractivity contribution in [3.05, 3.63) is 22.7 Å². The number of hydrogen-bond donors (Lipinski definition) is 1. The van der Waals surface area contributed by atoms with Gasteiger partial charge in [-0.1, -0.05) is 11.6 Å². The van der Waals surface area contributed by atoms with E-state index in [4.69, 9.17) is 21.1 Å². The van der Waals surface area contributed by atoms with Gasteiger partial charge in [0.05, 0.1) is 10.7 Å². The Kier molecular flexibility index (Phi) is 3.63. The molecule has 0 spiro atoms. The lowest BCUT2D eigenvalue weighted by molar-refractivity contribution is -0.118. The highest BCUT2D eigenvalue weighted by Crippen LogP contribution is 2.35. The number of fused-ring (bicyclic) bond motifs is 1. The van der Waals surface area contributed by atoms with Crippen molar-refractivity contribution in [2.75, 3.05) is 25.1 Å². The summed E-state index contributed by atoms with van der Waals surface area (Å²) in [5, 5.41) is 3.01. The standard InChI is InChI=1S/C14H14ClNO4/c15-10-6-11-12(20-7-13(17)16-11)5-9(10)14(18)8-1-3-19-4-2-8/h5-6,8H,1-4,7H2,(H,16,17). The molecule has 6 heteroatoms. The second-order valence-electron chi connectivity index (χ2n) is 4.92. The van der Waals surface area contributed by atoms with Gasteiger partial charge in [-0.25, -0.2) is 0 Å². The Morgan fingerprint density at radius 2 is 2.05 bits per heavy atom. The Morgan fingerprint density at radius 3 is 2.80 bits per heavy atom. The molecule has 0 aliphatic carbocycles. The fourth-order valence-electron chi connectivity index (χ4n) is 2.47. The van der Waals surface area contributed by atoms with Crippen LogP contribution in [0, 0.1) is 5.92 Å². The van der Waals surface area contributed by atoms with Crippen molar-refractivity contribution in [2.45, 2.75) is 12.8 Å². The summed E-state index contributed by atoms with van der Waals surface area (Å²) in [5.41, 5.74) is 0.961. The maximum atomic E-state index is 12.5. The lowest BCUT2D eigenvalue weighted by atomic mass is 9.90. The molecule has 0 aromatic heterocycles. The van der Waals surface area contributed by atoms with Gasteiger partial charge in [0, 0.05) is 24.7 Å². The van der Waals surface area contributed by atoms with E-state index >= 15 is 0 Å². The van der Waals surface area contributed by atoms with Gasteiger partial charge in [-0.05, 0) is 25.0 Å². The zero-order valence-corrected chi connectivity index (χ0v) is 11.5. The van der Waals surface area contributed by atoms with Crippen LogP contribution < -0.4 is 10.1 Å². The maximum Gasteiger partial charge on any atom is 0.262 e. The van der Waals surface area contributed by atoms with E-state index in [1.54, 1.807) is 12.1 Å². The predicted molar refractivity (Wildman–Crippen MR) is 73.5 cm³/mol. The van der Waals surface area contributed by atoms with Gasteiger partial charge < -0.3 is 14.8 Å². The number of rotatable bonds is 2. The normalized spacial score (nSPS) is 18.9. The first-order valence-corrected chi connectivity index (χ1v) is 6.91. The highest BCUT2D eigenvalue weighted by atomic mass is 35.5. The van der Waals surface area contributed by atoms with E-state index in [0.717, 1.165) is 0 Å². The van der Waals surface area contributed by atoms with Gasteiger partial charge in [0.15, 0.2) is 12.4 Å². The molecule has 0 unspecified atom stereocenters. The second-order valence-corrected chi connectivity index (χ2v) is 5.32. The number of Topliss-reactive ketones (excluding diaryl/α,β-unsaturated/α-hetero) is 1. The molecule has 1 saturated heterocycles. The van der Waals surface area contributed by atoms with Crippen molar-refractivity contribution in [2.24, 2.45) is 5.92 Å². The molecular weight excluding hydrogens is 282 g/mol. The summed E-state index contributed by atoms with van der Waals surface area (Å²) in [5.74, 6) is 0.223. The van der Waals surface area contributed by atoms with E-state index in [-0.39, 0.29) is 24.2 Å². The van der Waals surface area contributed by atoms with E-state index in [2.05, 4.69) is 5.32 Å². The summed E-state index contributed by atoms with van der Waals surface area (Å²) in [6.45, 7) is 1.16. The number of carbonyl (C=O) groups excluding carboxylic acids is 2. The molecule has 0 saturated carbocycles. The molecule has 1 amide bonds. The van der Waals surface area contributed by atoms with Crippen LogP contribution in [0.3, 0.4) is 0 Å². The van der Waals surface area contributed by atoms with Crippen LogP contribution in [0.4, 0.5) is 5.69 Å². The Bertz CT molecular complexity index is 567. The maximum absolute atomic E-state index is 12.5. The van der Waals surface area contributed by atoms with E-state index < -0.39 is 0 Å². The van der Waals surface area contributed by atoms with Crippen LogP contribution in [-0.4, -0.2) is 31.5 Å². The third-order valence-electron chi connectivity index (χ3n) is 3.56. The average Bonchev–Trinajstić information content (AvgIpc) is 2.46. The number of carbonyl (C=O) groups is 2. The van der Waals surface area contributed by atoms with Crippen molar-refractivity contribution in [3.63, 3.8) is 0 Å². The summed E-state index contributed by atoms with van der Waals surface area (Å²) < 4.78 is 10.6. The van der Waals surface area contributed by atoms with Crippen LogP contribution in [0.15, 0.2) is 12.1 Å². The molecule has 2 heterocycles. The largest absolute Gasteiger partial charge is 0.482 e. The third kappa shape index (κ3) is 2.51. The summed E-state index contributed by atoms with van der Waals surface area (Å²) in [6, 6.07) is 3.19. The minimum atomic E-state index is -0.225. The number of anilines is 1. The highest BCUT2D eigenvalue weighted by Gasteiger charge is 2.27. The fraction of sp³-hybridized carbons (Fsp3) is 0.429. The monoisotopic (exact) mass is 295 g/mol. The molecule has 20 heavy (non-hydrogen) atoms. The first-order valence-electron chi connectivity index (χ1n) is 6.53. The van der Waals surface area contributed by atoms with Gasteiger partial charge >= 0.3 is 0 Å². The molecule has 1 aromatic carbocycles.